The lowest BCUT2D eigenvalue weighted by molar-refractivity contribution is 0.668. The van der Waals surface area contributed by atoms with Gasteiger partial charge in [-0.3, -0.25) is 0 Å². The van der Waals surface area contributed by atoms with E-state index in [0.717, 1.165) is 5.00 Å². The minimum Gasteiger partial charge on any atom is -0.372 e. The Hall–Kier alpha value is -0.290. The van der Waals surface area contributed by atoms with Gasteiger partial charge in [0.25, 0.3) is 0 Å². The van der Waals surface area contributed by atoms with Gasteiger partial charge in [-0.1, -0.05) is 4.49 Å². The molecule has 3 nitrogen and oxygen atoms in total. The van der Waals surface area contributed by atoms with Gasteiger partial charge in [0.15, 0.2) is 0 Å². The van der Waals surface area contributed by atoms with Crippen LogP contribution in [0, 0.1) is 0 Å². The number of hydrogen-bond donors (Lipinski definition) is 1. The summed E-state index contributed by atoms with van der Waals surface area (Å²) in [5.74, 6) is 2.56. The fourth-order valence-electron chi connectivity index (χ4n) is 1.27. The molecule has 0 radical (unpaired) electrons. The van der Waals surface area contributed by atoms with E-state index in [4.69, 9.17) is 0 Å². The first-order chi connectivity index (χ1) is 5.95. The molecule has 66 valence electrons. The minimum absolute atomic E-state index is 0.647. The molecule has 1 fully saturated rings. The Bertz CT molecular complexity index is 219. The molecular weight excluding hydrogens is 190 g/mol. The zero-order chi connectivity index (χ0) is 8.23. The van der Waals surface area contributed by atoms with Crippen LogP contribution >= 0.6 is 23.3 Å². The number of rotatable bonds is 2. The molecule has 1 N–H and O–H groups in total. The molecule has 1 aromatic heterocycles. The molecule has 0 amide bonds. The summed E-state index contributed by atoms with van der Waals surface area (Å²) in [6, 6.07) is 0.647. The first kappa shape index (κ1) is 8.31. The van der Waals surface area contributed by atoms with Crippen LogP contribution < -0.4 is 5.32 Å². The van der Waals surface area contributed by atoms with Gasteiger partial charge in [0.2, 0.25) is 0 Å². The zero-order valence-corrected chi connectivity index (χ0v) is 8.33. The van der Waals surface area contributed by atoms with E-state index in [1.165, 1.54) is 35.9 Å². The van der Waals surface area contributed by atoms with Crippen LogP contribution in [0.25, 0.3) is 0 Å². The Kier molecular flexibility index (Phi) is 2.83. The van der Waals surface area contributed by atoms with Crippen molar-refractivity contribution in [2.45, 2.75) is 18.9 Å². The van der Waals surface area contributed by atoms with Crippen molar-refractivity contribution in [3.8, 4) is 0 Å². The van der Waals surface area contributed by atoms with Crippen LogP contribution in [0.4, 0.5) is 5.00 Å². The van der Waals surface area contributed by atoms with E-state index in [9.17, 15) is 0 Å². The summed E-state index contributed by atoms with van der Waals surface area (Å²) in [7, 11) is 0. The van der Waals surface area contributed by atoms with Crippen molar-refractivity contribution in [2.75, 3.05) is 16.8 Å². The summed E-state index contributed by atoms with van der Waals surface area (Å²) in [5.41, 5.74) is 0. The summed E-state index contributed by atoms with van der Waals surface area (Å²) < 4.78 is 3.81. The van der Waals surface area contributed by atoms with Crippen molar-refractivity contribution in [3.63, 3.8) is 0 Å². The molecule has 1 aliphatic rings. The highest BCUT2D eigenvalue weighted by Crippen LogP contribution is 2.21. The molecule has 0 atom stereocenters. The second-order valence-electron chi connectivity index (χ2n) is 2.81. The average Bonchev–Trinajstić information content (AvgIpc) is 2.59. The van der Waals surface area contributed by atoms with E-state index in [1.807, 2.05) is 11.8 Å². The second-order valence-corrected chi connectivity index (χ2v) is 4.82. The summed E-state index contributed by atoms with van der Waals surface area (Å²) >= 11 is 3.48. The van der Waals surface area contributed by atoms with Gasteiger partial charge in [-0.05, 0) is 24.3 Å². The molecular formula is C7H11N3S2. The first-order valence-electron chi connectivity index (χ1n) is 4.07. The Morgan fingerprint density at radius 1 is 1.42 bits per heavy atom. The topological polar surface area (TPSA) is 37.8 Å². The van der Waals surface area contributed by atoms with Crippen molar-refractivity contribution in [1.82, 2.24) is 9.59 Å². The van der Waals surface area contributed by atoms with E-state index in [1.54, 1.807) is 6.20 Å². The molecule has 1 aliphatic heterocycles. The van der Waals surface area contributed by atoms with Crippen molar-refractivity contribution < 1.29 is 0 Å². The molecule has 0 aliphatic carbocycles. The number of nitrogens with one attached hydrogen (secondary N) is 1. The monoisotopic (exact) mass is 201 g/mol. The summed E-state index contributed by atoms with van der Waals surface area (Å²) in [6.45, 7) is 0. The molecule has 2 heterocycles. The van der Waals surface area contributed by atoms with Crippen molar-refractivity contribution in [3.05, 3.63) is 6.20 Å². The number of thioether (sulfide) groups is 1. The predicted octanol–water partition coefficient (Wildman–Crippen LogP) is 1.85. The smallest absolute Gasteiger partial charge is 0.130 e. The van der Waals surface area contributed by atoms with E-state index in [-0.39, 0.29) is 0 Å². The lowest BCUT2D eigenvalue weighted by Gasteiger charge is -2.21. The lowest BCUT2D eigenvalue weighted by Crippen LogP contribution is -2.23. The van der Waals surface area contributed by atoms with Crippen LogP contribution in [0.15, 0.2) is 6.20 Å². The number of anilines is 1. The largest absolute Gasteiger partial charge is 0.372 e. The number of nitrogens with zero attached hydrogens (tertiary/aromatic N) is 2. The highest BCUT2D eigenvalue weighted by atomic mass is 32.2. The summed E-state index contributed by atoms with van der Waals surface area (Å²) in [4.78, 5) is 0. The van der Waals surface area contributed by atoms with Crippen LogP contribution in [0.3, 0.4) is 0 Å². The number of aromatic nitrogens is 2. The van der Waals surface area contributed by atoms with Crippen LogP contribution in [0.2, 0.25) is 0 Å². The van der Waals surface area contributed by atoms with Gasteiger partial charge in [-0.2, -0.15) is 11.8 Å². The quantitative estimate of drug-likeness (QED) is 0.792. The SMILES string of the molecule is c1nnsc1NC1CCSCC1. The molecule has 0 aromatic carbocycles. The first-order valence-corrected chi connectivity index (χ1v) is 5.99. The lowest BCUT2D eigenvalue weighted by atomic mass is 10.2. The van der Waals surface area contributed by atoms with E-state index in [0.29, 0.717) is 6.04 Å². The molecule has 0 bridgehead atoms. The van der Waals surface area contributed by atoms with Gasteiger partial charge in [-0.25, -0.2) is 0 Å². The van der Waals surface area contributed by atoms with Gasteiger partial charge in [0.05, 0.1) is 6.20 Å². The molecule has 12 heavy (non-hydrogen) atoms. The maximum atomic E-state index is 3.81. The molecule has 0 unspecified atom stereocenters. The average molecular weight is 201 g/mol. The van der Waals surface area contributed by atoms with Crippen molar-refractivity contribution >= 4 is 28.3 Å². The van der Waals surface area contributed by atoms with Gasteiger partial charge in [0, 0.05) is 17.6 Å². The summed E-state index contributed by atoms with van der Waals surface area (Å²) in [5, 5.41) is 8.33. The molecule has 1 saturated heterocycles. The van der Waals surface area contributed by atoms with Gasteiger partial charge in [0.1, 0.15) is 5.00 Å². The molecule has 5 heteroatoms. The van der Waals surface area contributed by atoms with Crippen molar-refractivity contribution in [1.29, 1.82) is 0 Å². The zero-order valence-electron chi connectivity index (χ0n) is 6.69. The van der Waals surface area contributed by atoms with Crippen LogP contribution in [0.1, 0.15) is 12.8 Å². The third-order valence-electron chi connectivity index (χ3n) is 1.93. The second kappa shape index (κ2) is 4.09. The van der Waals surface area contributed by atoms with Crippen LogP contribution in [-0.2, 0) is 0 Å². The fraction of sp³-hybridized carbons (Fsp3) is 0.714. The third-order valence-corrected chi connectivity index (χ3v) is 3.57. The maximum absolute atomic E-state index is 3.81. The number of hydrogen-bond acceptors (Lipinski definition) is 5. The molecule has 0 saturated carbocycles. The Morgan fingerprint density at radius 2 is 2.25 bits per heavy atom. The normalized spacial score (nSPS) is 19.3. The molecule has 0 spiro atoms. The Balaban J connectivity index is 1.86. The van der Waals surface area contributed by atoms with Crippen LogP contribution in [-0.4, -0.2) is 27.1 Å². The third kappa shape index (κ3) is 2.10. The summed E-state index contributed by atoms with van der Waals surface area (Å²) in [6.07, 6.45) is 4.33. The van der Waals surface area contributed by atoms with E-state index in [2.05, 4.69) is 14.9 Å². The van der Waals surface area contributed by atoms with E-state index >= 15 is 0 Å². The van der Waals surface area contributed by atoms with Crippen LogP contribution in [0.5, 0.6) is 0 Å². The van der Waals surface area contributed by atoms with Gasteiger partial charge >= 0.3 is 0 Å². The van der Waals surface area contributed by atoms with Crippen molar-refractivity contribution in [2.24, 2.45) is 0 Å². The highest BCUT2D eigenvalue weighted by molar-refractivity contribution is 7.99. The molecule has 1 aromatic rings. The standard InChI is InChI=1S/C7H11N3S2/c1-3-11-4-2-6(1)9-7-5-8-10-12-7/h5-6,9H,1-4H2. The predicted molar refractivity (Wildman–Crippen MR) is 53.9 cm³/mol. The Labute approximate surface area is 80.1 Å². The maximum Gasteiger partial charge on any atom is 0.130 e. The van der Waals surface area contributed by atoms with Gasteiger partial charge < -0.3 is 5.32 Å². The highest BCUT2D eigenvalue weighted by Gasteiger charge is 2.13. The van der Waals surface area contributed by atoms with Gasteiger partial charge in [-0.15, -0.1) is 5.10 Å². The fourth-order valence-corrected chi connectivity index (χ4v) is 2.88. The Morgan fingerprint density at radius 3 is 2.92 bits per heavy atom. The van der Waals surface area contributed by atoms with E-state index < -0.39 is 0 Å². The molecule has 2 rings (SSSR count). The minimum atomic E-state index is 0.647.